The predicted molar refractivity (Wildman–Crippen MR) is 88.9 cm³/mol. The van der Waals surface area contributed by atoms with Crippen molar-refractivity contribution in [1.82, 2.24) is 15.2 Å². The van der Waals surface area contributed by atoms with Crippen molar-refractivity contribution >= 4 is 17.0 Å². The number of aromatic nitrogens is 3. The minimum atomic E-state index is -0.928. The molecule has 0 radical (unpaired) electrons. The van der Waals surface area contributed by atoms with Gasteiger partial charge in [0.1, 0.15) is 17.6 Å². The van der Waals surface area contributed by atoms with Crippen molar-refractivity contribution in [2.45, 2.75) is 19.3 Å². The highest BCUT2D eigenvalue weighted by Crippen LogP contribution is 2.52. The first-order valence-electron chi connectivity index (χ1n) is 7.92. The van der Waals surface area contributed by atoms with Gasteiger partial charge in [0.25, 0.3) is 0 Å². The van der Waals surface area contributed by atoms with Crippen LogP contribution in [0.5, 0.6) is 5.75 Å². The molecule has 2 aromatic heterocycles. The normalized spacial score (nSPS) is 18.7. The van der Waals surface area contributed by atoms with E-state index in [2.05, 4.69) is 21.3 Å². The Balaban J connectivity index is 2.04. The Morgan fingerprint density at radius 2 is 2.23 bits per heavy atom. The number of nitrogens with zero attached hydrogens (tertiary/aromatic N) is 3. The minimum absolute atomic E-state index is 0.0577. The van der Waals surface area contributed by atoms with E-state index >= 15 is 0 Å². The van der Waals surface area contributed by atoms with Crippen LogP contribution in [0.25, 0.3) is 22.3 Å². The van der Waals surface area contributed by atoms with Crippen LogP contribution in [0.4, 0.5) is 4.39 Å². The lowest BCUT2D eigenvalue weighted by molar-refractivity contribution is -0.138. The summed E-state index contributed by atoms with van der Waals surface area (Å²) >= 11 is 0. The number of phenolic OH excluding ortho intramolecular Hbond substituents is 1. The fourth-order valence-electron chi connectivity index (χ4n) is 3.41. The molecule has 2 atom stereocenters. The number of carbonyl (C=O) groups is 1. The van der Waals surface area contributed by atoms with E-state index in [1.165, 1.54) is 12.1 Å². The first-order valence-corrected chi connectivity index (χ1v) is 7.92. The number of hydrogen-bond acceptors (Lipinski definition) is 5. The van der Waals surface area contributed by atoms with E-state index in [4.69, 9.17) is 0 Å². The molecule has 26 heavy (non-hydrogen) atoms. The van der Waals surface area contributed by atoms with Crippen molar-refractivity contribution in [1.29, 1.82) is 5.26 Å². The number of hydrogen-bond donors (Lipinski definition) is 3. The molecule has 1 saturated carbocycles. The number of benzene rings is 1. The van der Waals surface area contributed by atoms with Crippen molar-refractivity contribution in [3.8, 4) is 23.1 Å². The van der Waals surface area contributed by atoms with Crippen molar-refractivity contribution in [2.24, 2.45) is 5.92 Å². The monoisotopic (exact) mass is 352 g/mol. The van der Waals surface area contributed by atoms with Gasteiger partial charge in [0.05, 0.1) is 22.9 Å². The molecule has 1 fully saturated rings. The van der Waals surface area contributed by atoms with Gasteiger partial charge >= 0.3 is 5.97 Å². The summed E-state index contributed by atoms with van der Waals surface area (Å²) in [5.41, 5.74) is 1.82. The van der Waals surface area contributed by atoms with Gasteiger partial charge in [-0.25, -0.2) is 9.37 Å². The van der Waals surface area contributed by atoms with Crippen LogP contribution < -0.4 is 0 Å². The van der Waals surface area contributed by atoms with Crippen molar-refractivity contribution in [3.63, 3.8) is 0 Å². The topological polar surface area (TPSA) is 123 Å². The molecular weight excluding hydrogens is 339 g/mol. The van der Waals surface area contributed by atoms with E-state index in [1.807, 2.05) is 0 Å². The third-order valence-electron chi connectivity index (χ3n) is 4.73. The van der Waals surface area contributed by atoms with Gasteiger partial charge in [0, 0.05) is 22.9 Å². The van der Waals surface area contributed by atoms with E-state index in [0.29, 0.717) is 28.7 Å². The van der Waals surface area contributed by atoms with Crippen LogP contribution in [0.2, 0.25) is 0 Å². The van der Waals surface area contributed by atoms with Crippen molar-refractivity contribution in [2.75, 3.05) is 0 Å². The lowest BCUT2D eigenvalue weighted by atomic mass is 9.94. The number of phenols is 1. The standard InChI is InChI=1S/C18H13FN4O3/c1-7-14-15(10-5-11(10)18(25)26)12(6-20)16(21-17(14)23-22-7)9-3-2-8(24)4-13(9)19/h2-4,10-11,24H,5H2,1H3,(H,25,26)(H,21,22,23)/t10-,11-/m1/s1. The Kier molecular flexibility index (Phi) is 3.40. The largest absolute Gasteiger partial charge is 0.508 e. The predicted octanol–water partition coefficient (Wildman–Crippen LogP) is 2.84. The smallest absolute Gasteiger partial charge is 0.307 e. The molecule has 0 aliphatic heterocycles. The Morgan fingerprint density at radius 1 is 1.46 bits per heavy atom. The Morgan fingerprint density at radius 3 is 2.85 bits per heavy atom. The van der Waals surface area contributed by atoms with Crippen LogP contribution in [-0.4, -0.2) is 31.4 Å². The summed E-state index contributed by atoms with van der Waals surface area (Å²) in [6.07, 6.45) is 0.408. The number of halogens is 1. The van der Waals surface area contributed by atoms with Crippen LogP contribution in [0.15, 0.2) is 18.2 Å². The molecule has 2 heterocycles. The summed E-state index contributed by atoms with van der Waals surface area (Å²) in [7, 11) is 0. The van der Waals surface area contributed by atoms with E-state index in [9.17, 15) is 24.7 Å². The fourth-order valence-corrected chi connectivity index (χ4v) is 3.41. The molecule has 0 unspecified atom stereocenters. The molecule has 1 aromatic carbocycles. The third-order valence-corrected chi connectivity index (χ3v) is 4.73. The highest BCUT2D eigenvalue weighted by Gasteiger charge is 2.47. The zero-order valence-electron chi connectivity index (χ0n) is 13.6. The average Bonchev–Trinajstić information content (AvgIpc) is 3.31. The maximum absolute atomic E-state index is 14.4. The Bertz CT molecular complexity index is 1120. The number of aromatic hydroxyl groups is 1. The van der Waals surface area contributed by atoms with E-state index < -0.39 is 17.7 Å². The van der Waals surface area contributed by atoms with Gasteiger partial charge in [-0.2, -0.15) is 10.4 Å². The first kappa shape index (κ1) is 16.0. The Hall–Kier alpha value is -3.47. The van der Waals surface area contributed by atoms with Crippen LogP contribution >= 0.6 is 0 Å². The van der Waals surface area contributed by atoms with Gasteiger partial charge in [-0.3, -0.25) is 9.89 Å². The first-order chi connectivity index (χ1) is 12.4. The molecule has 0 bridgehead atoms. The molecule has 3 N–H and O–H groups in total. The number of aryl methyl sites for hydroxylation is 1. The van der Waals surface area contributed by atoms with E-state index in [0.717, 1.165) is 6.07 Å². The number of carboxylic acid groups (broad SMARTS) is 1. The molecule has 0 amide bonds. The molecule has 1 aliphatic rings. The summed E-state index contributed by atoms with van der Waals surface area (Å²) in [6, 6.07) is 5.66. The van der Waals surface area contributed by atoms with Gasteiger partial charge in [-0.15, -0.1) is 0 Å². The molecule has 0 saturated heterocycles. The maximum atomic E-state index is 14.4. The highest BCUT2D eigenvalue weighted by atomic mass is 19.1. The van der Waals surface area contributed by atoms with Crippen LogP contribution in [0.1, 0.15) is 29.2 Å². The number of fused-ring (bicyclic) bond motifs is 1. The number of aliphatic carboxylic acids is 1. The second-order valence-electron chi connectivity index (χ2n) is 6.34. The number of H-pyrrole nitrogens is 1. The maximum Gasteiger partial charge on any atom is 0.307 e. The number of nitriles is 1. The summed E-state index contributed by atoms with van der Waals surface area (Å²) < 4.78 is 14.4. The number of pyridine rings is 1. The molecule has 0 spiro atoms. The van der Waals surface area contributed by atoms with Gasteiger partial charge in [-0.1, -0.05) is 0 Å². The van der Waals surface area contributed by atoms with Gasteiger partial charge < -0.3 is 10.2 Å². The number of carboxylic acids is 1. The third kappa shape index (κ3) is 2.29. The number of nitrogens with one attached hydrogen (secondary N) is 1. The quantitative estimate of drug-likeness (QED) is 0.666. The summed E-state index contributed by atoms with van der Waals surface area (Å²) in [4.78, 5) is 15.7. The minimum Gasteiger partial charge on any atom is -0.508 e. The van der Waals surface area contributed by atoms with E-state index in [-0.39, 0.29) is 28.5 Å². The van der Waals surface area contributed by atoms with Crippen LogP contribution in [0, 0.1) is 30.0 Å². The lowest BCUT2D eigenvalue weighted by Crippen LogP contribution is -2.03. The molecule has 130 valence electrons. The SMILES string of the molecule is Cc1n[nH]c2nc(-c3ccc(O)cc3F)c(C#N)c([C@@H]3C[C@H]3C(=O)O)c12. The molecular formula is C18H13FN4O3. The molecule has 7 nitrogen and oxygen atoms in total. The van der Waals surface area contributed by atoms with Gasteiger partial charge in [0.15, 0.2) is 5.65 Å². The molecule has 8 heteroatoms. The van der Waals surface area contributed by atoms with Crippen LogP contribution in [0.3, 0.4) is 0 Å². The zero-order valence-corrected chi connectivity index (χ0v) is 13.6. The van der Waals surface area contributed by atoms with Crippen molar-refractivity contribution in [3.05, 3.63) is 40.8 Å². The molecule has 4 rings (SSSR count). The summed E-state index contributed by atoms with van der Waals surface area (Å²) in [6.45, 7) is 1.74. The van der Waals surface area contributed by atoms with Crippen molar-refractivity contribution < 1.29 is 19.4 Å². The average molecular weight is 352 g/mol. The zero-order chi connectivity index (χ0) is 18.6. The fraction of sp³-hybridized carbons (Fsp3) is 0.222. The summed E-state index contributed by atoms with van der Waals surface area (Å²) in [5, 5.41) is 35.9. The van der Waals surface area contributed by atoms with Crippen LogP contribution in [-0.2, 0) is 4.79 Å². The second kappa shape index (κ2) is 5.52. The summed E-state index contributed by atoms with van der Waals surface area (Å²) in [5.74, 6) is -2.82. The molecule has 3 aromatic rings. The second-order valence-corrected chi connectivity index (χ2v) is 6.34. The number of aromatic amines is 1. The number of rotatable bonds is 3. The van der Waals surface area contributed by atoms with Gasteiger partial charge in [0.2, 0.25) is 0 Å². The highest BCUT2D eigenvalue weighted by molar-refractivity contribution is 5.91. The van der Waals surface area contributed by atoms with Gasteiger partial charge in [-0.05, 0) is 31.0 Å². The van der Waals surface area contributed by atoms with E-state index in [1.54, 1.807) is 6.92 Å². The lowest BCUT2D eigenvalue weighted by Gasteiger charge is -2.12. The Labute approximate surface area is 146 Å². The molecule has 1 aliphatic carbocycles.